The molecule has 0 fully saturated rings. The molecule has 6 nitrogen and oxygen atoms in total. The summed E-state index contributed by atoms with van der Waals surface area (Å²) in [4.78, 5) is 10.9. The highest BCUT2D eigenvalue weighted by Crippen LogP contribution is 2.35. The van der Waals surface area contributed by atoms with Gasteiger partial charge in [-0.2, -0.15) is 0 Å². The second-order valence-corrected chi connectivity index (χ2v) is 6.90. The third-order valence-corrected chi connectivity index (χ3v) is 5.00. The maximum atomic E-state index is 11.1. The average molecular weight is 354 g/mol. The number of thioether (sulfide) groups is 1. The lowest BCUT2D eigenvalue weighted by Gasteiger charge is -2.14. The molecule has 0 amide bonds. The number of para-hydroxylation sites is 1. The first-order valence-corrected chi connectivity index (χ1v) is 8.75. The Morgan fingerprint density at radius 1 is 1.08 bits per heavy atom. The van der Waals surface area contributed by atoms with E-state index in [1.54, 1.807) is 0 Å². The van der Waals surface area contributed by atoms with E-state index in [2.05, 4.69) is 10.2 Å². The summed E-state index contributed by atoms with van der Waals surface area (Å²) < 4.78 is 1.92. The average Bonchev–Trinajstić information content (AvgIpc) is 2.96. The molecule has 0 unspecified atom stereocenters. The zero-order valence-electron chi connectivity index (χ0n) is 14.0. The molecule has 2 aromatic carbocycles. The zero-order valence-corrected chi connectivity index (χ0v) is 14.8. The fraction of sp³-hybridized carbons (Fsp3) is 0.222. The Labute approximate surface area is 150 Å². The molecule has 3 rings (SSSR count). The van der Waals surface area contributed by atoms with Crippen molar-refractivity contribution in [1.82, 2.24) is 14.8 Å². The van der Waals surface area contributed by atoms with Crippen LogP contribution >= 0.6 is 11.8 Å². The minimum Gasteiger partial charge on any atom is -0.274 e. The molecule has 128 valence electrons. The van der Waals surface area contributed by atoms with Crippen molar-refractivity contribution < 1.29 is 4.92 Å². The minimum atomic E-state index is -0.332. The molecule has 1 atom stereocenters. The van der Waals surface area contributed by atoms with Crippen molar-refractivity contribution in [3.8, 4) is 5.69 Å². The molecule has 0 aliphatic heterocycles. The van der Waals surface area contributed by atoms with Gasteiger partial charge in [0.2, 0.25) is 6.54 Å². The summed E-state index contributed by atoms with van der Waals surface area (Å²) in [5.74, 6) is 0.748. The number of hydrogen-bond donors (Lipinski definition) is 0. The molecule has 0 N–H and O–H groups in total. The highest BCUT2D eigenvalue weighted by molar-refractivity contribution is 7.99. The monoisotopic (exact) mass is 354 g/mol. The highest BCUT2D eigenvalue weighted by Gasteiger charge is 2.23. The smallest absolute Gasteiger partial charge is 0.220 e. The summed E-state index contributed by atoms with van der Waals surface area (Å²) in [5.41, 5.74) is 2.97. The Morgan fingerprint density at radius 3 is 2.40 bits per heavy atom. The zero-order chi connectivity index (χ0) is 17.8. The number of rotatable bonds is 6. The molecule has 7 heteroatoms. The Morgan fingerprint density at radius 2 is 1.76 bits per heavy atom. The van der Waals surface area contributed by atoms with Crippen LogP contribution in [-0.4, -0.2) is 26.2 Å². The normalized spacial score (nSPS) is 12.1. The SMILES string of the molecule is Cc1ccc([C@@H](C[N+](=O)[O-])Sc2nnc(C)n2-c2ccccc2)cc1. The molecule has 0 saturated heterocycles. The summed E-state index contributed by atoms with van der Waals surface area (Å²) in [5, 5.41) is 19.9. The summed E-state index contributed by atoms with van der Waals surface area (Å²) in [6.45, 7) is 3.70. The summed E-state index contributed by atoms with van der Waals surface area (Å²) in [6.07, 6.45) is 0. The first-order valence-electron chi connectivity index (χ1n) is 7.87. The van der Waals surface area contributed by atoms with Gasteiger partial charge in [0.15, 0.2) is 5.16 Å². The van der Waals surface area contributed by atoms with E-state index in [-0.39, 0.29) is 16.7 Å². The topological polar surface area (TPSA) is 73.8 Å². The van der Waals surface area contributed by atoms with E-state index in [0.29, 0.717) is 5.16 Å². The van der Waals surface area contributed by atoms with Gasteiger partial charge in [0, 0.05) is 10.6 Å². The van der Waals surface area contributed by atoms with Crippen LogP contribution in [0.3, 0.4) is 0 Å². The maximum Gasteiger partial charge on any atom is 0.220 e. The summed E-state index contributed by atoms with van der Waals surface area (Å²) in [6, 6.07) is 17.6. The van der Waals surface area contributed by atoms with E-state index < -0.39 is 0 Å². The van der Waals surface area contributed by atoms with Crippen LogP contribution in [0.25, 0.3) is 5.69 Å². The molecule has 25 heavy (non-hydrogen) atoms. The van der Waals surface area contributed by atoms with Crippen molar-refractivity contribution in [2.75, 3.05) is 6.54 Å². The van der Waals surface area contributed by atoms with Gasteiger partial charge in [-0.15, -0.1) is 10.2 Å². The van der Waals surface area contributed by atoms with Crippen LogP contribution in [0.15, 0.2) is 59.8 Å². The van der Waals surface area contributed by atoms with Gasteiger partial charge in [0.1, 0.15) is 11.1 Å². The molecule has 1 heterocycles. The molecule has 0 aliphatic carbocycles. The van der Waals surface area contributed by atoms with Gasteiger partial charge in [-0.25, -0.2) is 0 Å². The second-order valence-electron chi connectivity index (χ2n) is 5.73. The first kappa shape index (κ1) is 17.2. The molecule has 0 spiro atoms. The predicted octanol–water partition coefficient (Wildman–Crippen LogP) is 3.99. The van der Waals surface area contributed by atoms with Crippen LogP contribution in [0.5, 0.6) is 0 Å². The van der Waals surface area contributed by atoms with Gasteiger partial charge in [-0.1, -0.05) is 59.8 Å². The van der Waals surface area contributed by atoms with Crippen LogP contribution < -0.4 is 0 Å². The van der Waals surface area contributed by atoms with E-state index in [9.17, 15) is 10.1 Å². The molecule has 1 aromatic heterocycles. The third-order valence-electron chi connectivity index (χ3n) is 3.82. The second kappa shape index (κ2) is 7.48. The first-order chi connectivity index (χ1) is 12.0. The lowest BCUT2D eigenvalue weighted by atomic mass is 10.1. The summed E-state index contributed by atoms with van der Waals surface area (Å²) >= 11 is 1.37. The highest BCUT2D eigenvalue weighted by atomic mass is 32.2. The van der Waals surface area contributed by atoms with Crippen molar-refractivity contribution >= 4 is 11.8 Å². The van der Waals surface area contributed by atoms with Gasteiger partial charge in [0.05, 0.1) is 0 Å². The Hall–Kier alpha value is -2.67. The predicted molar refractivity (Wildman–Crippen MR) is 97.7 cm³/mol. The van der Waals surface area contributed by atoms with Crippen LogP contribution in [0.2, 0.25) is 0 Å². The van der Waals surface area contributed by atoms with Crippen molar-refractivity contribution in [1.29, 1.82) is 0 Å². The molecule has 0 bridgehead atoms. The number of benzene rings is 2. The van der Waals surface area contributed by atoms with Crippen molar-refractivity contribution in [2.45, 2.75) is 24.3 Å². The molecular weight excluding hydrogens is 336 g/mol. The van der Waals surface area contributed by atoms with Crippen molar-refractivity contribution in [3.05, 3.63) is 81.7 Å². The van der Waals surface area contributed by atoms with E-state index in [0.717, 1.165) is 22.6 Å². The third kappa shape index (κ3) is 4.06. The fourth-order valence-corrected chi connectivity index (χ4v) is 3.72. The van der Waals surface area contributed by atoms with E-state index in [1.807, 2.05) is 73.0 Å². The van der Waals surface area contributed by atoms with Crippen molar-refractivity contribution in [3.63, 3.8) is 0 Å². The molecule has 0 aliphatic rings. The van der Waals surface area contributed by atoms with Crippen LogP contribution in [-0.2, 0) is 0 Å². The quantitative estimate of drug-likeness (QED) is 0.380. The van der Waals surface area contributed by atoms with Crippen LogP contribution in [0.4, 0.5) is 0 Å². The standard InChI is InChI=1S/C18H18N4O2S/c1-13-8-10-15(11-9-13)17(12-21(23)24)25-18-20-19-14(2)22(18)16-6-4-3-5-7-16/h3-11,17H,12H2,1-2H3/t17-/m1/s1. The number of aryl methyl sites for hydroxylation is 2. The molecular formula is C18H18N4O2S. The van der Waals surface area contributed by atoms with Gasteiger partial charge in [0.25, 0.3) is 0 Å². The maximum absolute atomic E-state index is 11.1. The lowest BCUT2D eigenvalue weighted by molar-refractivity contribution is -0.479. The Kier molecular flexibility index (Phi) is 5.14. The Balaban J connectivity index is 1.95. The largest absolute Gasteiger partial charge is 0.274 e. The van der Waals surface area contributed by atoms with E-state index in [1.165, 1.54) is 11.8 Å². The lowest BCUT2D eigenvalue weighted by Crippen LogP contribution is -2.11. The van der Waals surface area contributed by atoms with Crippen molar-refractivity contribution in [2.24, 2.45) is 0 Å². The number of nitro groups is 1. The van der Waals surface area contributed by atoms with E-state index >= 15 is 0 Å². The number of hydrogen-bond acceptors (Lipinski definition) is 5. The Bertz CT molecular complexity index is 863. The van der Waals surface area contributed by atoms with Gasteiger partial charge in [-0.05, 0) is 31.5 Å². The van der Waals surface area contributed by atoms with E-state index in [4.69, 9.17) is 0 Å². The molecule has 0 saturated carbocycles. The molecule has 3 aromatic rings. The number of aromatic nitrogens is 3. The number of nitrogens with zero attached hydrogens (tertiary/aromatic N) is 4. The van der Waals surface area contributed by atoms with Gasteiger partial charge < -0.3 is 0 Å². The molecule has 0 radical (unpaired) electrons. The summed E-state index contributed by atoms with van der Waals surface area (Å²) in [7, 11) is 0. The minimum absolute atomic E-state index is 0.172. The fourth-order valence-electron chi connectivity index (χ4n) is 2.55. The van der Waals surface area contributed by atoms with Gasteiger partial charge in [-0.3, -0.25) is 14.7 Å². The van der Waals surface area contributed by atoms with Gasteiger partial charge >= 0.3 is 0 Å². The van der Waals surface area contributed by atoms with Crippen LogP contribution in [0, 0.1) is 24.0 Å². The van der Waals surface area contributed by atoms with Crippen LogP contribution in [0.1, 0.15) is 22.2 Å².